The molecule has 4 rings (SSSR count). The van der Waals surface area contributed by atoms with E-state index in [-0.39, 0.29) is 17.3 Å². The van der Waals surface area contributed by atoms with Crippen molar-refractivity contribution < 1.29 is 23.9 Å². The quantitative estimate of drug-likeness (QED) is 0.129. The van der Waals surface area contributed by atoms with Gasteiger partial charge in [0.25, 0.3) is 5.91 Å². The van der Waals surface area contributed by atoms with Crippen molar-refractivity contribution in [2.45, 2.75) is 79.1 Å². The van der Waals surface area contributed by atoms with Gasteiger partial charge in [0.1, 0.15) is 5.75 Å². The van der Waals surface area contributed by atoms with Gasteiger partial charge in [-0.2, -0.15) is 0 Å². The third kappa shape index (κ3) is 9.29. The Bertz CT molecular complexity index is 1120. The van der Waals surface area contributed by atoms with Crippen molar-refractivity contribution in [3.05, 3.63) is 40.8 Å². The largest absolute Gasteiger partial charge is 0.494 e. The second-order valence-corrected chi connectivity index (χ2v) is 13.0. The van der Waals surface area contributed by atoms with Gasteiger partial charge in [0.05, 0.1) is 25.2 Å². The van der Waals surface area contributed by atoms with Crippen LogP contribution in [-0.2, 0) is 14.3 Å². The molecule has 1 aromatic carbocycles. The highest BCUT2D eigenvalue weighted by Gasteiger charge is 2.42. The second kappa shape index (κ2) is 15.1. The number of thiophene rings is 1. The monoisotopic (exact) mass is 568 g/mol. The van der Waals surface area contributed by atoms with Gasteiger partial charge in [0.2, 0.25) is 6.41 Å². The van der Waals surface area contributed by atoms with E-state index >= 15 is 0 Å². The maximum Gasteiger partial charge on any atom is 0.306 e. The van der Waals surface area contributed by atoms with Gasteiger partial charge in [-0.05, 0) is 124 Å². The number of imide groups is 1. The fraction of sp³-hybridized carbons (Fsp3) is 0.562. The number of amides is 2. The van der Waals surface area contributed by atoms with Gasteiger partial charge >= 0.3 is 5.97 Å². The Balaban J connectivity index is 0.00000141. The van der Waals surface area contributed by atoms with E-state index in [9.17, 15) is 14.4 Å². The standard InChI is InChI=1S/C30H39NO5S.C2H5N/c1-20-12-22-14-23(13-20)17-30(3,16-22)18-28(33)36-11-5-4-10-35-25-8-6-24(7-9-25)27-15-26(21(2)37-27)29(34)31-19-32;1-2-3/h6-9,15,19-20,22-23H,4-5,10-14,16-18H2,1-3H3,(H,31,32,34);2-3H,1H3. The number of hydrogen-bond donors (Lipinski definition) is 2. The molecule has 2 amide bonds. The SMILES string of the molecule is CC=N.Cc1sc(-c2ccc(OCCCCOC(=O)CC3(C)CC4CC(C)CC(C4)C3)cc2)cc1C(=O)NC=O. The molecule has 8 heteroatoms. The summed E-state index contributed by atoms with van der Waals surface area (Å²) in [5.74, 6) is 2.74. The van der Waals surface area contributed by atoms with E-state index in [1.807, 2.05) is 31.2 Å². The minimum absolute atomic E-state index is 0.0531. The Labute approximate surface area is 242 Å². The number of rotatable bonds is 11. The van der Waals surface area contributed by atoms with Crippen LogP contribution in [-0.4, -0.2) is 37.7 Å². The molecule has 1 aromatic heterocycles. The van der Waals surface area contributed by atoms with Gasteiger partial charge < -0.3 is 14.9 Å². The molecular formula is C32H44N2O5S. The maximum atomic E-state index is 12.5. The molecule has 0 aliphatic heterocycles. The van der Waals surface area contributed by atoms with E-state index in [0.717, 1.165) is 51.7 Å². The number of aryl methyl sites for hydroxylation is 1. The van der Waals surface area contributed by atoms with Crippen LogP contribution in [0.4, 0.5) is 0 Å². The minimum Gasteiger partial charge on any atom is -0.494 e. The molecule has 40 heavy (non-hydrogen) atoms. The molecule has 2 N–H and O–H groups in total. The van der Waals surface area contributed by atoms with Crippen molar-refractivity contribution >= 4 is 35.8 Å². The van der Waals surface area contributed by atoms with Crippen LogP contribution in [0.3, 0.4) is 0 Å². The van der Waals surface area contributed by atoms with E-state index < -0.39 is 0 Å². The first kappa shape index (κ1) is 31.5. The molecule has 2 atom stereocenters. The normalized spacial score (nSPS) is 23.2. The molecule has 2 aliphatic rings. The second-order valence-electron chi connectivity index (χ2n) is 11.7. The van der Waals surface area contributed by atoms with Crippen LogP contribution in [0.5, 0.6) is 5.75 Å². The third-order valence-corrected chi connectivity index (χ3v) is 8.93. The van der Waals surface area contributed by atoms with E-state index in [4.69, 9.17) is 14.9 Å². The van der Waals surface area contributed by atoms with E-state index in [0.29, 0.717) is 31.6 Å². The molecule has 2 aliphatic carbocycles. The first-order valence-electron chi connectivity index (χ1n) is 14.3. The number of ether oxygens (including phenoxy) is 2. The van der Waals surface area contributed by atoms with Crippen LogP contribution in [0, 0.1) is 35.5 Å². The van der Waals surface area contributed by atoms with E-state index in [2.05, 4.69) is 19.2 Å². The highest BCUT2D eigenvalue weighted by molar-refractivity contribution is 7.15. The Morgan fingerprint density at radius 2 is 1.73 bits per heavy atom. The van der Waals surface area contributed by atoms with Gasteiger partial charge in [-0.1, -0.05) is 13.8 Å². The zero-order valence-electron chi connectivity index (χ0n) is 24.3. The number of carbonyl (C=O) groups excluding carboxylic acids is 3. The van der Waals surface area contributed by atoms with E-state index in [1.54, 1.807) is 13.0 Å². The summed E-state index contributed by atoms with van der Waals surface area (Å²) in [6.07, 6.45) is 10.1. The first-order valence-corrected chi connectivity index (χ1v) is 15.2. The first-order chi connectivity index (χ1) is 19.2. The van der Waals surface area contributed by atoms with Gasteiger partial charge in [0, 0.05) is 9.75 Å². The zero-order chi connectivity index (χ0) is 29.1. The summed E-state index contributed by atoms with van der Waals surface area (Å²) < 4.78 is 11.4. The lowest BCUT2D eigenvalue weighted by atomic mass is 9.58. The van der Waals surface area contributed by atoms with Gasteiger partial charge in [0.15, 0.2) is 0 Å². The molecule has 0 saturated heterocycles. The average molecular weight is 569 g/mol. The van der Waals surface area contributed by atoms with Crippen molar-refractivity contribution in [2.75, 3.05) is 13.2 Å². The van der Waals surface area contributed by atoms with Crippen LogP contribution < -0.4 is 10.1 Å². The summed E-state index contributed by atoms with van der Waals surface area (Å²) in [5, 5.41) is 8.27. The molecule has 218 valence electrons. The summed E-state index contributed by atoms with van der Waals surface area (Å²) in [5.41, 5.74) is 1.60. The van der Waals surface area contributed by atoms with Crippen LogP contribution in [0.2, 0.25) is 0 Å². The lowest BCUT2D eigenvalue weighted by Crippen LogP contribution is -2.37. The number of unbranched alkanes of at least 4 members (excludes halogenated alkanes) is 1. The number of nitrogens with one attached hydrogen (secondary N) is 2. The minimum atomic E-state index is -0.388. The predicted octanol–water partition coefficient (Wildman–Crippen LogP) is 7.21. The van der Waals surface area contributed by atoms with Crippen molar-refractivity contribution in [1.29, 1.82) is 5.41 Å². The van der Waals surface area contributed by atoms with Crippen LogP contribution in [0.1, 0.15) is 87.4 Å². The summed E-state index contributed by atoms with van der Waals surface area (Å²) in [7, 11) is 0. The molecule has 0 radical (unpaired) electrons. The smallest absolute Gasteiger partial charge is 0.306 e. The summed E-state index contributed by atoms with van der Waals surface area (Å²) in [4.78, 5) is 36.8. The average Bonchev–Trinajstić information content (AvgIpc) is 3.27. The molecule has 2 bridgehead atoms. The number of fused-ring (bicyclic) bond motifs is 2. The molecule has 2 saturated carbocycles. The van der Waals surface area contributed by atoms with Gasteiger partial charge in [-0.25, -0.2) is 0 Å². The third-order valence-electron chi connectivity index (χ3n) is 7.83. The Hall–Kier alpha value is -3.00. The zero-order valence-corrected chi connectivity index (χ0v) is 25.1. The molecule has 1 heterocycles. The number of benzene rings is 1. The highest BCUT2D eigenvalue weighted by atomic mass is 32.1. The Kier molecular flexibility index (Phi) is 11.9. The van der Waals surface area contributed by atoms with Gasteiger partial charge in [-0.3, -0.25) is 19.7 Å². The lowest BCUT2D eigenvalue weighted by molar-refractivity contribution is -0.148. The molecule has 7 nitrogen and oxygen atoms in total. The molecule has 2 aromatic rings. The lowest BCUT2D eigenvalue weighted by Gasteiger charge is -2.47. The van der Waals surface area contributed by atoms with Crippen LogP contribution in [0.15, 0.2) is 30.3 Å². The van der Waals surface area contributed by atoms with Gasteiger partial charge in [-0.15, -0.1) is 11.3 Å². The summed E-state index contributed by atoms with van der Waals surface area (Å²) in [6.45, 7) is 9.19. The fourth-order valence-electron chi connectivity index (χ4n) is 6.53. The van der Waals surface area contributed by atoms with Crippen molar-refractivity contribution in [3.8, 4) is 16.2 Å². The summed E-state index contributed by atoms with van der Waals surface area (Å²) >= 11 is 1.51. The number of carbonyl (C=O) groups is 3. The van der Waals surface area contributed by atoms with E-state index in [1.165, 1.54) is 49.7 Å². The van der Waals surface area contributed by atoms with Crippen LogP contribution >= 0.6 is 11.3 Å². The Morgan fingerprint density at radius 1 is 1.10 bits per heavy atom. The number of esters is 1. The molecular weight excluding hydrogens is 524 g/mol. The van der Waals surface area contributed by atoms with Crippen molar-refractivity contribution in [3.63, 3.8) is 0 Å². The van der Waals surface area contributed by atoms with Crippen molar-refractivity contribution in [1.82, 2.24) is 5.32 Å². The highest BCUT2D eigenvalue weighted by Crippen LogP contribution is 2.51. The molecule has 2 unspecified atom stereocenters. The van der Waals surface area contributed by atoms with Crippen LogP contribution in [0.25, 0.3) is 10.4 Å². The molecule has 0 spiro atoms. The fourth-order valence-corrected chi connectivity index (χ4v) is 7.55. The maximum absolute atomic E-state index is 12.5. The predicted molar refractivity (Wildman–Crippen MR) is 160 cm³/mol. The topological polar surface area (TPSA) is 106 Å². The number of hydrogen-bond acceptors (Lipinski definition) is 7. The summed E-state index contributed by atoms with van der Waals surface area (Å²) in [6, 6.07) is 9.55. The molecule has 2 fully saturated rings. The Morgan fingerprint density at radius 3 is 2.35 bits per heavy atom. The van der Waals surface area contributed by atoms with Crippen molar-refractivity contribution in [2.24, 2.45) is 23.2 Å².